The van der Waals surface area contributed by atoms with Crippen LogP contribution in [0.1, 0.15) is 24.1 Å². The molecular formula is C20H25N5O2. The summed E-state index contributed by atoms with van der Waals surface area (Å²) in [6.45, 7) is 4.05. The minimum Gasteiger partial charge on any atom is -0.383 e. The van der Waals surface area contributed by atoms with Crippen LogP contribution < -0.4 is 10.6 Å². The van der Waals surface area contributed by atoms with Crippen molar-refractivity contribution in [3.05, 3.63) is 54.1 Å². The highest BCUT2D eigenvalue weighted by atomic mass is 16.2. The molecule has 0 aliphatic carbocycles. The number of carbonyl (C=O) groups excluding carboxylic acids is 2. The molecule has 1 fully saturated rings. The quantitative estimate of drug-likeness (QED) is 0.728. The lowest BCUT2D eigenvalue weighted by Gasteiger charge is -2.31. The summed E-state index contributed by atoms with van der Waals surface area (Å²) in [7, 11) is 0. The SMILES string of the molecule is Cc1cnccc1NCCNC(=O)[C@H]1CCC(=O)N(Cc2ccccn2)C1. The fourth-order valence-electron chi connectivity index (χ4n) is 3.17. The van der Waals surface area contributed by atoms with Crippen molar-refractivity contribution in [2.75, 3.05) is 25.0 Å². The van der Waals surface area contributed by atoms with Crippen molar-refractivity contribution < 1.29 is 9.59 Å². The molecule has 27 heavy (non-hydrogen) atoms. The van der Waals surface area contributed by atoms with Gasteiger partial charge < -0.3 is 15.5 Å². The number of aryl methyl sites for hydroxylation is 1. The molecule has 0 unspecified atom stereocenters. The minimum atomic E-state index is -0.172. The molecule has 0 radical (unpaired) electrons. The lowest BCUT2D eigenvalue weighted by Crippen LogP contribution is -2.46. The van der Waals surface area contributed by atoms with Crippen LogP contribution in [0.15, 0.2) is 42.9 Å². The molecule has 1 aliphatic heterocycles. The van der Waals surface area contributed by atoms with Gasteiger partial charge in [0.1, 0.15) is 0 Å². The van der Waals surface area contributed by atoms with E-state index in [0.717, 1.165) is 16.9 Å². The largest absolute Gasteiger partial charge is 0.383 e. The first-order chi connectivity index (χ1) is 13.1. The summed E-state index contributed by atoms with van der Waals surface area (Å²) in [6.07, 6.45) is 6.25. The molecule has 2 aromatic heterocycles. The van der Waals surface area contributed by atoms with Crippen LogP contribution in [-0.4, -0.2) is 46.3 Å². The van der Waals surface area contributed by atoms with Crippen LogP contribution in [0.3, 0.4) is 0 Å². The van der Waals surface area contributed by atoms with E-state index in [2.05, 4.69) is 20.6 Å². The third kappa shape index (κ3) is 5.26. The number of likely N-dealkylation sites (tertiary alicyclic amines) is 1. The molecule has 0 saturated carbocycles. The summed E-state index contributed by atoms with van der Waals surface area (Å²) in [4.78, 5) is 34.7. The van der Waals surface area contributed by atoms with Gasteiger partial charge in [-0.25, -0.2) is 0 Å². The molecule has 0 aromatic carbocycles. The van der Waals surface area contributed by atoms with Crippen LogP contribution in [-0.2, 0) is 16.1 Å². The zero-order chi connectivity index (χ0) is 19.1. The van der Waals surface area contributed by atoms with Crippen LogP contribution in [0.5, 0.6) is 0 Å². The van der Waals surface area contributed by atoms with Gasteiger partial charge in [0, 0.05) is 50.3 Å². The Morgan fingerprint density at radius 1 is 1.26 bits per heavy atom. The van der Waals surface area contributed by atoms with Gasteiger partial charge in [-0.1, -0.05) is 6.07 Å². The molecule has 2 amide bonds. The standard InChI is InChI=1S/C20H25N5O2/c1-15-12-21-9-7-18(15)23-10-11-24-20(27)16-5-6-19(26)25(13-16)14-17-4-2-3-8-22-17/h2-4,7-9,12,16H,5-6,10-11,13-14H2,1H3,(H,21,23)(H,24,27)/t16-/m0/s1. The molecule has 0 bridgehead atoms. The van der Waals surface area contributed by atoms with Crippen molar-refractivity contribution in [3.63, 3.8) is 0 Å². The van der Waals surface area contributed by atoms with E-state index in [1.807, 2.05) is 31.2 Å². The lowest BCUT2D eigenvalue weighted by molar-refractivity contribution is -0.138. The molecule has 1 saturated heterocycles. The molecule has 1 aliphatic rings. The predicted molar refractivity (Wildman–Crippen MR) is 103 cm³/mol. The molecule has 2 N–H and O–H groups in total. The average Bonchev–Trinajstić information content (AvgIpc) is 2.69. The molecule has 1 atom stereocenters. The third-order valence-electron chi connectivity index (χ3n) is 4.71. The third-order valence-corrected chi connectivity index (χ3v) is 4.71. The number of aromatic nitrogens is 2. The summed E-state index contributed by atoms with van der Waals surface area (Å²) in [5.41, 5.74) is 2.92. The van der Waals surface area contributed by atoms with Crippen molar-refractivity contribution in [2.45, 2.75) is 26.3 Å². The fraction of sp³-hybridized carbons (Fsp3) is 0.400. The minimum absolute atomic E-state index is 0.00164. The molecule has 3 rings (SSSR count). The van der Waals surface area contributed by atoms with Crippen LogP contribution >= 0.6 is 0 Å². The maximum Gasteiger partial charge on any atom is 0.224 e. The Morgan fingerprint density at radius 3 is 2.93 bits per heavy atom. The highest BCUT2D eigenvalue weighted by molar-refractivity contribution is 5.83. The topological polar surface area (TPSA) is 87.2 Å². The van der Waals surface area contributed by atoms with E-state index < -0.39 is 0 Å². The van der Waals surface area contributed by atoms with Crippen LogP contribution in [0, 0.1) is 12.8 Å². The van der Waals surface area contributed by atoms with Gasteiger partial charge >= 0.3 is 0 Å². The van der Waals surface area contributed by atoms with E-state index >= 15 is 0 Å². The van der Waals surface area contributed by atoms with Gasteiger partial charge in [-0.2, -0.15) is 0 Å². The summed E-state index contributed by atoms with van der Waals surface area (Å²) in [5, 5.41) is 6.26. The van der Waals surface area contributed by atoms with Gasteiger partial charge in [0.2, 0.25) is 11.8 Å². The zero-order valence-electron chi connectivity index (χ0n) is 15.5. The molecular weight excluding hydrogens is 342 g/mol. The summed E-state index contributed by atoms with van der Waals surface area (Å²) >= 11 is 0. The number of nitrogens with zero attached hydrogens (tertiary/aromatic N) is 3. The van der Waals surface area contributed by atoms with Gasteiger partial charge in [-0.05, 0) is 37.1 Å². The molecule has 3 heterocycles. The maximum absolute atomic E-state index is 12.5. The Balaban J connectivity index is 1.45. The fourth-order valence-corrected chi connectivity index (χ4v) is 3.17. The Hall–Kier alpha value is -2.96. The number of anilines is 1. The second-order valence-electron chi connectivity index (χ2n) is 6.74. The van der Waals surface area contributed by atoms with Crippen molar-refractivity contribution in [1.82, 2.24) is 20.2 Å². The van der Waals surface area contributed by atoms with Crippen molar-refractivity contribution in [2.24, 2.45) is 5.92 Å². The first-order valence-electron chi connectivity index (χ1n) is 9.23. The Labute approximate surface area is 159 Å². The molecule has 142 valence electrons. The number of amides is 2. The van der Waals surface area contributed by atoms with Crippen LogP contribution in [0.2, 0.25) is 0 Å². The first-order valence-corrected chi connectivity index (χ1v) is 9.23. The highest BCUT2D eigenvalue weighted by Crippen LogP contribution is 2.19. The van der Waals surface area contributed by atoms with Crippen LogP contribution in [0.25, 0.3) is 0 Å². The van der Waals surface area contributed by atoms with Gasteiger partial charge in [0.25, 0.3) is 0 Å². The number of rotatable bonds is 7. The normalized spacial score (nSPS) is 16.9. The monoisotopic (exact) mass is 367 g/mol. The van der Waals surface area contributed by atoms with E-state index in [-0.39, 0.29) is 17.7 Å². The summed E-state index contributed by atoms with van der Waals surface area (Å²) in [6, 6.07) is 7.56. The van der Waals surface area contributed by atoms with Gasteiger partial charge in [-0.3, -0.25) is 19.6 Å². The van der Waals surface area contributed by atoms with E-state index in [9.17, 15) is 9.59 Å². The highest BCUT2D eigenvalue weighted by Gasteiger charge is 2.30. The van der Waals surface area contributed by atoms with E-state index in [4.69, 9.17) is 0 Å². The summed E-state index contributed by atoms with van der Waals surface area (Å²) in [5.74, 6) is -0.0876. The molecule has 7 nitrogen and oxygen atoms in total. The number of nitrogens with one attached hydrogen (secondary N) is 2. The Kier molecular flexibility index (Phi) is 6.35. The Bertz CT molecular complexity index is 781. The molecule has 2 aromatic rings. The van der Waals surface area contributed by atoms with E-state index in [1.165, 1.54) is 0 Å². The van der Waals surface area contributed by atoms with Gasteiger partial charge in [-0.15, -0.1) is 0 Å². The van der Waals surface area contributed by atoms with Gasteiger partial charge in [0.15, 0.2) is 0 Å². The lowest BCUT2D eigenvalue weighted by atomic mass is 9.96. The predicted octanol–water partition coefficient (Wildman–Crippen LogP) is 1.75. The maximum atomic E-state index is 12.5. The second-order valence-corrected chi connectivity index (χ2v) is 6.74. The smallest absolute Gasteiger partial charge is 0.224 e. The zero-order valence-corrected chi connectivity index (χ0v) is 15.5. The number of hydrogen-bond acceptors (Lipinski definition) is 5. The average molecular weight is 367 g/mol. The van der Waals surface area contributed by atoms with E-state index in [1.54, 1.807) is 23.5 Å². The second kappa shape index (κ2) is 9.12. The van der Waals surface area contributed by atoms with Crippen molar-refractivity contribution >= 4 is 17.5 Å². The number of carbonyl (C=O) groups is 2. The number of hydrogen-bond donors (Lipinski definition) is 2. The number of piperidine rings is 1. The van der Waals surface area contributed by atoms with Crippen LogP contribution in [0.4, 0.5) is 5.69 Å². The van der Waals surface area contributed by atoms with Gasteiger partial charge in [0.05, 0.1) is 18.2 Å². The molecule has 7 heteroatoms. The number of pyridine rings is 2. The molecule has 0 spiro atoms. The van der Waals surface area contributed by atoms with E-state index in [0.29, 0.717) is 39.0 Å². The first kappa shape index (κ1) is 18.8. The van der Waals surface area contributed by atoms with Crippen molar-refractivity contribution in [3.8, 4) is 0 Å². The Morgan fingerprint density at radius 2 is 2.15 bits per heavy atom. The van der Waals surface area contributed by atoms with Crippen molar-refractivity contribution in [1.29, 1.82) is 0 Å². The summed E-state index contributed by atoms with van der Waals surface area (Å²) < 4.78 is 0.